The van der Waals surface area contributed by atoms with Crippen molar-refractivity contribution in [2.75, 3.05) is 0 Å². The van der Waals surface area contributed by atoms with Crippen molar-refractivity contribution in [3.05, 3.63) is 43.8 Å². The lowest BCUT2D eigenvalue weighted by Crippen LogP contribution is -1.98. The molecule has 17 heavy (non-hydrogen) atoms. The number of carbonyl (C=O) groups excluding carboxylic acids is 1. The summed E-state index contributed by atoms with van der Waals surface area (Å²) in [5.74, 6) is 0.249. The molecule has 2 aromatic rings. The Morgan fingerprint density at radius 3 is 2.12 bits per heavy atom. The number of ketones is 1. The smallest absolute Gasteiger partial charge is 0.177 e. The highest BCUT2D eigenvalue weighted by molar-refractivity contribution is 7.14. The molecule has 0 spiro atoms. The van der Waals surface area contributed by atoms with Crippen molar-refractivity contribution >= 4 is 28.5 Å². The van der Waals surface area contributed by atoms with Gasteiger partial charge in [0.05, 0.1) is 4.88 Å². The van der Waals surface area contributed by atoms with E-state index in [1.54, 1.807) is 22.7 Å². The van der Waals surface area contributed by atoms with E-state index in [0.717, 1.165) is 17.7 Å². The van der Waals surface area contributed by atoms with Crippen LogP contribution in [0.1, 0.15) is 38.2 Å². The summed E-state index contributed by atoms with van der Waals surface area (Å²) in [5.41, 5.74) is 0. The highest BCUT2D eigenvalue weighted by atomic mass is 32.1. The van der Waals surface area contributed by atoms with Crippen molar-refractivity contribution in [1.29, 1.82) is 0 Å². The van der Waals surface area contributed by atoms with Gasteiger partial charge in [-0.25, -0.2) is 0 Å². The van der Waals surface area contributed by atoms with Crippen LogP contribution in [0.5, 0.6) is 0 Å². The number of hydrogen-bond acceptors (Lipinski definition) is 3. The Labute approximate surface area is 110 Å². The van der Waals surface area contributed by atoms with Crippen molar-refractivity contribution < 1.29 is 4.79 Å². The van der Waals surface area contributed by atoms with E-state index in [2.05, 4.69) is 32.0 Å². The van der Waals surface area contributed by atoms with Gasteiger partial charge in [0.25, 0.3) is 0 Å². The Morgan fingerprint density at radius 2 is 1.53 bits per heavy atom. The normalized spacial score (nSPS) is 10.7. The van der Waals surface area contributed by atoms with Crippen molar-refractivity contribution in [3.63, 3.8) is 0 Å². The molecule has 0 radical (unpaired) electrons. The van der Waals surface area contributed by atoms with Crippen LogP contribution >= 0.6 is 22.7 Å². The predicted molar refractivity (Wildman–Crippen MR) is 75.4 cm³/mol. The second-order valence-electron chi connectivity index (χ2n) is 3.94. The molecule has 1 nitrogen and oxygen atoms in total. The Kier molecular flexibility index (Phi) is 4.13. The summed E-state index contributed by atoms with van der Waals surface area (Å²) in [6.07, 6.45) is 2.61. The van der Waals surface area contributed by atoms with Gasteiger partial charge in [-0.2, -0.15) is 0 Å². The first-order valence-electron chi connectivity index (χ1n) is 5.92. The molecule has 0 aliphatic heterocycles. The van der Waals surface area contributed by atoms with E-state index in [1.807, 2.05) is 6.07 Å². The van der Waals surface area contributed by atoms with Gasteiger partial charge in [0.1, 0.15) is 0 Å². The van der Waals surface area contributed by atoms with E-state index in [1.165, 1.54) is 14.6 Å². The van der Waals surface area contributed by atoms with Crippen LogP contribution < -0.4 is 0 Å². The van der Waals surface area contributed by atoms with Crippen LogP contribution in [-0.2, 0) is 19.3 Å². The van der Waals surface area contributed by atoms with E-state index in [4.69, 9.17) is 0 Å². The largest absolute Gasteiger partial charge is 0.293 e. The molecule has 0 aliphatic rings. The number of hydrogen-bond donors (Lipinski definition) is 0. The van der Waals surface area contributed by atoms with Crippen LogP contribution in [-0.4, -0.2) is 5.78 Å². The standard InChI is InChI=1S/C14H16OS2/c1-3-10-5-6-12(16-10)9-13(15)14-8-7-11(4-2)17-14/h5-8H,3-4,9H2,1-2H3. The van der Waals surface area contributed by atoms with E-state index < -0.39 is 0 Å². The maximum atomic E-state index is 12.1. The average Bonchev–Trinajstić information content (AvgIpc) is 2.96. The number of aryl methyl sites for hydroxylation is 2. The first-order chi connectivity index (χ1) is 8.22. The van der Waals surface area contributed by atoms with E-state index in [-0.39, 0.29) is 5.78 Å². The fraction of sp³-hybridized carbons (Fsp3) is 0.357. The summed E-state index contributed by atoms with van der Waals surface area (Å²) in [6, 6.07) is 8.22. The third-order valence-corrected chi connectivity index (χ3v) is 5.19. The van der Waals surface area contributed by atoms with Crippen molar-refractivity contribution in [2.45, 2.75) is 33.1 Å². The number of Topliss-reactive ketones (excluding diaryl/α,β-unsaturated/α-hetero) is 1. The van der Waals surface area contributed by atoms with Crippen molar-refractivity contribution in [2.24, 2.45) is 0 Å². The highest BCUT2D eigenvalue weighted by Crippen LogP contribution is 2.22. The second kappa shape index (κ2) is 5.61. The molecule has 0 bridgehead atoms. The lowest BCUT2D eigenvalue weighted by molar-refractivity contribution is 0.0997. The number of rotatable bonds is 5. The summed E-state index contributed by atoms with van der Waals surface area (Å²) in [5, 5.41) is 0. The molecule has 0 unspecified atom stereocenters. The zero-order valence-electron chi connectivity index (χ0n) is 10.2. The van der Waals surface area contributed by atoms with E-state index in [9.17, 15) is 4.79 Å². The Balaban J connectivity index is 2.05. The maximum Gasteiger partial charge on any atom is 0.177 e. The minimum absolute atomic E-state index is 0.249. The van der Waals surface area contributed by atoms with Gasteiger partial charge in [-0.15, -0.1) is 22.7 Å². The minimum Gasteiger partial charge on any atom is -0.293 e. The summed E-state index contributed by atoms with van der Waals surface area (Å²) in [6.45, 7) is 4.26. The minimum atomic E-state index is 0.249. The molecule has 2 rings (SSSR count). The fourth-order valence-corrected chi connectivity index (χ4v) is 3.51. The second-order valence-corrected chi connectivity index (χ2v) is 6.36. The van der Waals surface area contributed by atoms with E-state index in [0.29, 0.717) is 6.42 Å². The zero-order chi connectivity index (χ0) is 12.3. The quantitative estimate of drug-likeness (QED) is 0.733. The van der Waals surface area contributed by atoms with Crippen LogP contribution in [0.2, 0.25) is 0 Å². The van der Waals surface area contributed by atoms with Crippen LogP contribution in [0.4, 0.5) is 0 Å². The van der Waals surface area contributed by atoms with Gasteiger partial charge in [0.15, 0.2) is 5.78 Å². The molecule has 2 heterocycles. The van der Waals surface area contributed by atoms with Gasteiger partial charge in [-0.1, -0.05) is 13.8 Å². The summed E-state index contributed by atoms with van der Waals surface area (Å²) >= 11 is 3.38. The van der Waals surface area contributed by atoms with Crippen LogP contribution in [0.3, 0.4) is 0 Å². The van der Waals surface area contributed by atoms with Crippen LogP contribution in [0, 0.1) is 0 Å². The lowest BCUT2D eigenvalue weighted by Gasteiger charge is -1.94. The third kappa shape index (κ3) is 3.05. The van der Waals surface area contributed by atoms with Gasteiger partial charge in [0, 0.05) is 21.1 Å². The fourth-order valence-electron chi connectivity index (χ4n) is 1.67. The molecular weight excluding hydrogens is 248 g/mol. The average molecular weight is 264 g/mol. The molecule has 0 fully saturated rings. The molecule has 2 aromatic heterocycles. The molecule has 0 amide bonds. The summed E-state index contributed by atoms with van der Waals surface area (Å²) in [7, 11) is 0. The highest BCUT2D eigenvalue weighted by Gasteiger charge is 2.11. The molecule has 0 atom stereocenters. The Morgan fingerprint density at radius 1 is 0.941 bits per heavy atom. The molecular formula is C14H16OS2. The molecule has 0 aliphatic carbocycles. The molecule has 3 heteroatoms. The molecule has 0 aromatic carbocycles. The predicted octanol–water partition coefficient (Wildman–Crippen LogP) is 4.36. The van der Waals surface area contributed by atoms with Crippen molar-refractivity contribution in [3.8, 4) is 0 Å². The van der Waals surface area contributed by atoms with Gasteiger partial charge in [-0.05, 0) is 37.1 Å². The molecule has 0 N–H and O–H groups in total. The maximum absolute atomic E-state index is 12.1. The Hall–Kier alpha value is -0.930. The molecule has 0 saturated heterocycles. The SMILES string of the molecule is CCc1ccc(CC(=O)c2ccc(CC)s2)s1. The molecule has 90 valence electrons. The topological polar surface area (TPSA) is 17.1 Å². The first-order valence-corrected chi connectivity index (χ1v) is 7.55. The third-order valence-electron chi connectivity index (χ3n) is 2.69. The summed E-state index contributed by atoms with van der Waals surface area (Å²) in [4.78, 5) is 16.8. The summed E-state index contributed by atoms with van der Waals surface area (Å²) < 4.78 is 0. The van der Waals surface area contributed by atoms with Crippen LogP contribution in [0.15, 0.2) is 24.3 Å². The Bertz CT molecular complexity index is 508. The van der Waals surface area contributed by atoms with Gasteiger partial charge < -0.3 is 0 Å². The lowest BCUT2D eigenvalue weighted by atomic mass is 10.2. The monoisotopic (exact) mass is 264 g/mol. The molecule has 0 saturated carbocycles. The zero-order valence-corrected chi connectivity index (χ0v) is 11.8. The van der Waals surface area contributed by atoms with Gasteiger partial charge in [0.2, 0.25) is 0 Å². The van der Waals surface area contributed by atoms with Crippen LogP contribution in [0.25, 0.3) is 0 Å². The van der Waals surface area contributed by atoms with E-state index >= 15 is 0 Å². The first kappa shape index (κ1) is 12.5. The van der Waals surface area contributed by atoms with Gasteiger partial charge >= 0.3 is 0 Å². The van der Waals surface area contributed by atoms with Gasteiger partial charge in [-0.3, -0.25) is 4.79 Å². The van der Waals surface area contributed by atoms with Crippen molar-refractivity contribution in [1.82, 2.24) is 0 Å². The number of thiophene rings is 2. The number of carbonyl (C=O) groups is 1.